The second-order valence-corrected chi connectivity index (χ2v) is 4.54. The molecule has 0 aliphatic rings. The van der Waals surface area contributed by atoms with E-state index in [2.05, 4.69) is 15.1 Å². The number of aromatic nitrogens is 3. The summed E-state index contributed by atoms with van der Waals surface area (Å²) < 4.78 is 10.3. The van der Waals surface area contributed by atoms with Crippen LogP contribution in [0.1, 0.15) is 23.8 Å². The Kier molecular flexibility index (Phi) is 3.82. The summed E-state index contributed by atoms with van der Waals surface area (Å²) in [5.74, 6) is 0.843. The van der Waals surface area contributed by atoms with Crippen LogP contribution in [0.25, 0.3) is 11.6 Å². The van der Waals surface area contributed by atoms with E-state index < -0.39 is 0 Å². The van der Waals surface area contributed by atoms with Gasteiger partial charge in [0.2, 0.25) is 0 Å². The highest BCUT2D eigenvalue weighted by Gasteiger charge is 2.16. The quantitative estimate of drug-likeness (QED) is 0.870. The van der Waals surface area contributed by atoms with Gasteiger partial charge in [-0.05, 0) is 13.8 Å². The topological polar surface area (TPSA) is 87.1 Å². The Balaban J connectivity index is 2.10. The Bertz CT molecular complexity index is 482. The Morgan fingerprint density at radius 1 is 1.53 bits per heavy atom. The van der Waals surface area contributed by atoms with Crippen LogP contribution in [0, 0.1) is 6.92 Å². The largest absolute Gasteiger partial charge is 0.380 e. The van der Waals surface area contributed by atoms with Crippen LogP contribution >= 0.6 is 11.3 Å². The molecule has 0 aliphatic carbocycles. The highest BCUT2D eigenvalue weighted by molar-refractivity contribution is 7.09. The third-order valence-corrected chi connectivity index (χ3v) is 2.89. The minimum Gasteiger partial charge on any atom is -0.380 e. The predicted octanol–water partition coefficient (Wildman–Crippen LogP) is 1.54. The zero-order valence-electron chi connectivity index (χ0n) is 9.71. The molecule has 0 bridgehead atoms. The molecule has 7 heteroatoms. The Morgan fingerprint density at radius 2 is 2.35 bits per heavy atom. The maximum atomic E-state index is 5.85. The number of rotatable bonds is 5. The average molecular weight is 254 g/mol. The molecule has 0 radical (unpaired) electrons. The SMILES string of the molecule is CCOCC(N)c1noc(-c2csc(C)n2)n1. The van der Waals surface area contributed by atoms with Crippen molar-refractivity contribution >= 4 is 11.3 Å². The van der Waals surface area contributed by atoms with Crippen LogP contribution in [0.2, 0.25) is 0 Å². The van der Waals surface area contributed by atoms with E-state index in [1.165, 1.54) is 11.3 Å². The minimum absolute atomic E-state index is 0.368. The average Bonchev–Trinajstić information content (AvgIpc) is 2.93. The summed E-state index contributed by atoms with van der Waals surface area (Å²) in [7, 11) is 0. The fourth-order valence-electron chi connectivity index (χ4n) is 1.27. The van der Waals surface area contributed by atoms with Crippen molar-refractivity contribution in [3.8, 4) is 11.6 Å². The summed E-state index contributed by atoms with van der Waals surface area (Å²) in [5.41, 5.74) is 6.54. The lowest BCUT2D eigenvalue weighted by atomic mass is 10.3. The molecule has 0 fully saturated rings. The smallest absolute Gasteiger partial charge is 0.277 e. The van der Waals surface area contributed by atoms with Gasteiger partial charge >= 0.3 is 0 Å². The number of ether oxygens (including phenoxy) is 1. The van der Waals surface area contributed by atoms with Crippen molar-refractivity contribution in [2.45, 2.75) is 19.9 Å². The molecule has 2 aromatic rings. The summed E-state index contributed by atoms with van der Waals surface area (Å²) in [6.07, 6.45) is 0. The van der Waals surface area contributed by atoms with Crippen LogP contribution in [0.15, 0.2) is 9.90 Å². The van der Waals surface area contributed by atoms with Crippen molar-refractivity contribution in [2.24, 2.45) is 5.73 Å². The van der Waals surface area contributed by atoms with Crippen molar-refractivity contribution in [2.75, 3.05) is 13.2 Å². The molecule has 0 amide bonds. The lowest BCUT2D eigenvalue weighted by Gasteiger charge is -2.05. The van der Waals surface area contributed by atoms with Crippen LogP contribution in [0.3, 0.4) is 0 Å². The van der Waals surface area contributed by atoms with E-state index >= 15 is 0 Å². The molecule has 2 N–H and O–H groups in total. The third-order valence-electron chi connectivity index (χ3n) is 2.11. The molecule has 92 valence electrons. The van der Waals surface area contributed by atoms with Gasteiger partial charge < -0.3 is 15.0 Å². The van der Waals surface area contributed by atoms with E-state index in [1.54, 1.807) is 0 Å². The summed E-state index contributed by atoms with van der Waals surface area (Å²) in [5, 5.41) is 6.66. The van der Waals surface area contributed by atoms with Gasteiger partial charge in [-0.25, -0.2) is 4.98 Å². The zero-order chi connectivity index (χ0) is 12.3. The molecule has 2 heterocycles. The van der Waals surface area contributed by atoms with Gasteiger partial charge in [-0.3, -0.25) is 0 Å². The van der Waals surface area contributed by atoms with Gasteiger partial charge in [0.1, 0.15) is 5.69 Å². The van der Waals surface area contributed by atoms with Gasteiger partial charge in [-0.1, -0.05) is 5.16 Å². The molecule has 17 heavy (non-hydrogen) atoms. The summed E-state index contributed by atoms with van der Waals surface area (Å²) in [6, 6.07) is -0.368. The van der Waals surface area contributed by atoms with E-state index in [9.17, 15) is 0 Å². The summed E-state index contributed by atoms with van der Waals surface area (Å²) >= 11 is 1.54. The molecule has 1 atom stereocenters. The van der Waals surface area contributed by atoms with E-state index in [0.29, 0.717) is 30.6 Å². The zero-order valence-corrected chi connectivity index (χ0v) is 10.5. The molecular weight excluding hydrogens is 240 g/mol. The van der Waals surface area contributed by atoms with Crippen LogP contribution in [-0.2, 0) is 4.74 Å². The van der Waals surface area contributed by atoms with Gasteiger partial charge in [0.25, 0.3) is 5.89 Å². The Labute approximate surface area is 103 Å². The summed E-state index contributed by atoms with van der Waals surface area (Å²) in [4.78, 5) is 8.47. The molecule has 2 rings (SSSR count). The second-order valence-electron chi connectivity index (χ2n) is 3.48. The normalized spacial score (nSPS) is 12.9. The van der Waals surface area contributed by atoms with E-state index in [0.717, 1.165) is 5.01 Å². The molecule has 1 unspecified atom stereocenters. The fraction of sp³-hybridized carbons (Fsp3) is 0.500. The van der Waals surface area contributed by atoms with Gasteiger partial charge in [-0.15, -0.1) is 11.3 Å². The molecule has 0 saturated carbocycles. The molecule has 2 aromatic heterocycles. The number of nitrogens with two attached hydrogens (primary N) is 1. The van der Waals surface area contributed by atoms with Gasteiger partial charge in [0.15, 0.2) is 5.82 Å². The number of hydrogen-bond acceptors (Lipinski definition) is 7. The van der Waals surface area contributed by atoms with Crippen LogP contribution < -0.4 is 5.73 Å². The van der Waals surface area contributed by atoms with E-state index in [4.69, 9.17) is 15.0 Å². The second kappa shape index (κ2) is 5.35. The van der Waals surface area contributed by atoms with Crippen LogP contribution in [0.5, 0.6) is 0 Å². The standard InChI is InChI=1S/C10H14N4O2S/c1-3-15-4-7(11)9-13-10(16-14-9)8-5-17-6(2)12-8/h5,7H,3-4,11H2,1-2H3. The van der Waals surface area contributed by atoms with Crippen LogP contribution in [0.4, 0.5) is 0 Å². The monoisotopic (exact) mass is 254 g/mol. The predicted molar refractivity (Wildman–Crippen MR) is 63.6 cm³/mol. The maximum absolute atomic E-state index is 5.85. The van der Waals surface area contributed by atoms with Crippen molar-refractivity contribution < 1.29 is 9.26 Å². The molecular formula is C10H14N4O2S. The van der Waals surface area contributed by atoms with Gasteiger partial charge in [0.05, 0.1) is 17.7 Å². The highest BCUT2D eigenvalue weighted by atomic mass is 32.1. The first kappa shape index (κ1) is 12.2. The molecule has 0 aliphatic heterocycles. The van der Waals surface area contributed by atoms with Crippen molar-refractivity contribution in [3.63, 3.8) is 0 Å². The number of thiazole rings is 1. The summed E-state index contributed by atoms with van der Waals surface area (Å²) in [6.45, 7) is 4.83. The Morgan fingerprint density at radius 3 is 3.00 bits per heavy atom. The molecule has 0 saturated heterocycles. The number of hydrogen-bond donors (Lipinski definition) is 1. The maximum Gasteiger partial charge on any atom is 0.277 e. The first-order chi connectivity index (χ1) is 8.20. The minimum atomic E-state index is -0.368. The van der Waals surface area contributed by atoms with E-state index in [1.807, 2.05) is 19.2 Å². The van der Waals surface area contributed by atoms with Crippen molar-refractivity contribution in [3.05, 3.63) is 16.2 Å². The van der Waals surface area contributed by atoms with Crippen molar-refractivity contribution in [1.82, 2.24) is 15.1 Å². The first-order valence-electron chi connectivity index (χ1n) is 5.30. The lowest BCUT2D eigenvalue weighted by molar-refractivity contribution is 0.130. The lowest BCUT2D eigenvalue weighted by Crippen LogP contribution is -2.18. The number of nitrogens with zero attached hydrogens (tertiary/aromatic N) is 3. The van der Waals surface area contributed by atoms with E-state index in [-0.39, 0.29) is 6.04 Å². The van der Waals surface area contributed by atoms with Gasteiger partial charge in [0, 0.05) is 12.0 Å². The number of aryl methyl sites for hydroxylation is 1. The third kappa shape index (κ3) is 2.87. The highest BCUT2D eigenvalue weighted by Crippen LogP contribution is 2.20. The Hall–Kier alpha value is -1.31. The van der Waals surface area contributed by atoms with Gasteiger partial charge in [-0.2, -0.15) is 4.98 Å². The molecule has 0 spiro atoms. The van der Waals surface area contributed by atoms with Crippen LogP contribution in [-0.4, -0.2) is 28.3 Å². The molecule has 6 nitrogen and oxygen atoms in total. The van der Waals surface area contributed by atoms with Crippen molar-refractivity contribution in [1.29, 1.82) is 0 Å². The fourth-order valence-corrected chi connectivity index (χ4v) is 1.86. The molecule has 0 aromatic carbocycles. The first-order valence-corrected chi connectivity index (χ1v) is 6.18.